The highest BCUT2D eigenvalue weighted by Gasteiger charge is 2.47. The highest BCUT2D eigenvalue weighted by atomic mass is 16.6. The van der Waals surface area contributed by atoms with Crippen LogP contribution in [-0.2, 0) is 24.5 Å². The molecule has 0 bridgehead atoms. The zero-order chi connectivity index (χ0) is 35.5. The second-order valence-electron chi connectivity index (χ2n) is 12.7. The Morgan fingerprint density at radius 3 is 1.27 bits per heavy atom. The van der Waals surface area contributed by atoms with Gasteiger partial charge in [-0.3, -0.25) is 0 Å². The van der Waals surface area contributed by atoms with Crippen LogP contribution in [0.2, 0.25) is 0 Å². The van der Waals surface area contributed by atoms with Gasteiger partial charge in [0.25, 0.3) is 0 Å². The summed E-state index contributed by atoms with van der Waals surface area (Å²) in [6, 6.07) is 42.3. The molecule has 6 aromatic rings. The molecule has 6 heteroatoms. The van der Waals surface area contributed by atoms with E-state index in [2.05, 4.69) is 110 Å². The minimum atomic E-state index is -0.711. The Kier molecular flexibility index (Phi) is 9.16. The maximum absolute atomic E-state index is 12.0. The molecule has 6 nitrogen and oxygen atoms in total. The molecule has 0 amide bonds. The molecule has 0 aromatic heterocycles. The second kappa shape index (κ2) is 14.0. The molecule has 6 aromatic carbocycles. The van der Waals surface area contributed by atoms with Crippen LogP contribution in [0, 0.1) is 0 Å². The van der Waals surface area contributed by atoms with Crippen molar-refractivity contribution in [1.82, 2.24) is 0 Å². The van der Waals surface area contributed by atoms with Gasteiger partial charge in [-0.25, -0.2) is 9.59 Å². The predicted molar refractivity (Wildman–Crippen MR) is 201 cm³/mol. The Morgan fingerprint density at radius 2 is 0.843 bits per heavy atom. The Hall–Kier alpha value is -6.14. The van der Waals surface area contributed by atoms with Crippen molar-refractivity contribution in [2.75, 3.05) is 26.4 Å². The highest BCUT2D eigenvalue weighted by Crippen LogP contribution is 2.58. The van der Waals surface area contributed by atoms with Crippen LogP contribution in [0.25, 0.3) is 32.7 Å². The lowest BCUT2D eigenvalue weighted by atomic mass is 9.65. The highest BCUT2D eigenvalue weighted by molar-refractivity contribution is 6.01. The van der Waals surface area contributed by atoms with E-state index in [4.69, 9.17) is 18.9 Å². The summed E-state index contributed by atoms with van der Waals surface area (Å²) in [6.45, 7) is 11.2. The standard InChI is InChI=1S/C45H38O6/c1-29(2)43(46)50-27-25-48-41-23-11-15-33-35(41)17-9-21-39(33)45(37-19-7-5-13-31(37)32-14-6-8-20-38(32)45)40-22-10-18-36-34(40)16-12-24-42(36)49-26-28-51-44(47)30(3)4/h5-24H,1,3,25-28H2,2,4H3. The fourth-order valence-corrected chi connectivity index (χ4v) is 7.25. The van der Waals surface area contributed by atoms with Crippen LogP contribution in [0.4, 0.5) is 0 Å². The molecule has 1 aliphatic carbocycles. The Balaban J connectivity index is 1.40. The SMILES string of the molecule is C=C(C)C(=O)OCCOc1cccc2c(C3(c4cccc5c(OCCOC(=O)C(=C)C)cccc45)c4ccccc4-c4ccccc43)cccc12. The third-order valence-electron chi connectivity index (χ3n) is 9.37. The van der Waals surface area contributed by atoms with Gasteiger partial charge < -0.3 is 18.9 Å². The van der Waals surface area contributed by atoms with Crippen LogP contribution in [-0.4, -0.2) is 38.4 Å². The lowest BCUT2D eigenvalue weighted by Gasteiger charge is -2.36. The van der Waals surface area contributed by atoms with E-state index in [-0.39, 0.29) is 26.4 Å². The Morgan fingerprint density at radius 1 is 0.471 bits per heavy atom. The number of rotatable bonds is 12. The van der Waals surface area contributed by atoms with Gasteiger partial charge in [0.15, 0.2) is 0 Å². The van der Waals surface area contributed by atoms with Gasteiger partial charge in [0.1, 0.15) is 37.9 Å². The summed E-state index contributed by atoms with van der Waals surface area (Å²) >= 11 is 0. The van der Waals surface area contributed by atoms with Crippen molar-refractivity contribution in [3.63, 3.8) is 0 Å². The number of carbonyl (C=O) groups excluding carboxylic acids is 2. The van der Waals surface area contributed by atoms with E-state index in [0.717, 1.165) is 32.7 Å². The fraction of sp³-hybridized carbons (Fsp3) is 0.156. The molecule has 1 aliphatic rings. The van der Waals surface area contributed by atoms with Gasteiger partial charge in [0, 0.05) is 21.9 Å². The van der Waals surface area contributed by atoms with Gasteiger partial charge in [0.05, 0.1) is 5.41 Å². The van der Waals surface area contributed by atoms with Gasteiger partial charge in [-0.2, -0.15) is 0 Å². The Bertz CT molecular complexity index is 2170. The molecule has 0 fully saturated rings. The number of esters is 2. The molecule has 0 unspecified atom stereocenters. The van der Waals surface area contributed by atoms with Crippen molar-refractivity contribution in [3.8, 4) is 22.6 Å². The van der Waals surface area contributed by atoms with Gasteiger partial charge in [0.2, 0.25) is 0 Å². The minimum absolute atomic E-state index is 0.114. The van der Waals surface area contributed by atoms with Crippen molar-refractivity contribution in [2.24, 2.45) is 0 Å². The summed E-state index contributed by atoms with van der Waals surface area (Å²) in [5, 5.41) is 4.00. The van der Waals surface area contributed by atoms with E-state index >= 15 is 0 Å². The summed E-state index contributed by atoms with van der Waals surface area (Å²) in [5.41, 5.74) is 6.94. The van der Waals surface area contributed by atoms with E-state index in [1.165, 1.54) is 22.3 Å². The van der Waals surface area contributed by atoms with E-state index in [1.54, 1.807) is 13.8 Å². The maximum Gasteiger partial charge on any atom is 0.333 e. The number of ether oxygens (including phenoxy) is 4. The summed E-state index contributed by atoms with van der Waals surface area (Å²) in [6.07, 6.45) is 0. The third-order valence-corrected chi connectivity index (χ3v) is 9.37. The van der Waals surface area contributed by atoms with E-state index in [1.807, 2.05) is 24.3 Å². The molecule has 0 heterocycles. The first-order valence-electron chi connectivity index (χ1n) is 17.0. The van der Waals surface area contributed by atoms with Gasteiger partial charge >= 0.3 is 11.9 Å². The molecule has 51 heavy (non-hydrogen) atoms. The van der Waals surface area contributed by atoms with Gasteiger partial charge in [-0.05, 0) is 70.1 Å². The molecule has 0 saturated carbocycles. The summed E-state index contributed by atoms with van der Waals surface area (Å²) in [5.74, 6) is 0.538. The van der Waals surface area contributed by atoms with Crippen LogP contribution < -0.4 is 9.47 Å². The molecular formula is C45H38O6. The molecular weight excluding hydrogens is 636 g/mol. The van der Waals surface area contributed by atoms with Crippen molar-refractivity contribution < 1.29 is 28.5 Å². The van der Waals surface area contributed by atoms with E-state index in [0.29, 0.717) is 22.6 Å². The van der Waals surface area contributed by atoms with Crippen molar-refractivity contribution in [3.05, 3.63) is 168 Å². The summed E-state index contributed by atoms with van der Waals surface area (Å²) in [4.78, 5) is 23.9. The normalized spacial score (nSPS) is 12.5. The number of hydrogen-bond acceptors (Lipinski definition) is 6. The predicted octanol–water partition coefficient (Wildman–Crippen LogP) is 9.35. The quantitative estimate of drug-likeness (QED) is 0.0731. The maximum atomic E-state index is 12.0. The molecule has 0 spiro atoms. The first-order chi connectivity index (χ1) is 24.8. The van der Waals surface area contributed by atoms with E-state index < -0.39 is 17.4 Å². The number of carbonyl (C=O) groups is 2. The summed E-state index contributed by atoms with van der Waals surface area (Å²) in [7, 11) is 0. The summed E-state index contributed by atoms with van der Waals surface area (Å²) < 4.78 is 23.1. The molecule has 254 valence electrons. The average Bonchev–Trinajstić information content (AvgIpc) is 3.45. The zero-order valence-corrected chi connectivity index (χ0v) is 28.7. The molecule has 0 aliphatic heterocycles. The second-order valence-corrected chi connectivity index (χ2v) is 12.7. The molecule has 0 radical (unpaired) electrons. The van der Waals surface area contributed by atoms with Crippen LogP contribution >= 0.6 is 0 Å². The number of benzene rings is 6. The zero-order valence-electron chi connectivity index (χ0n) is 28.7. The first kappa shape index (κ1) is 33.4. The van der Waals surface area contributed by atoms with Crippen molar-refractivity contribution in [2.45, 2.75) is 19.3 Å². The topological polar surface area (TPSA) is 71.1 Å². The average molecular weight is 675 g/mol. The molecule has 0 N–H and O–H groups in total. The Labute approximate surface area is 297 Å². The van der Waals surface area contributed by atoms with Crippen LogP contribution in [0.15, 0.2) is 146 Å². The van der Waals surface area contributed by atoms with Crippen molar-refractivity contribution in [1.29, 1.82) is 0 Å². The number of hydrogen-bond donors (Lipinski definition) is 0. The smallest absolute Gasteiger partial charge is 0.333 e. The lowest BCUT2D eigenvalue weighted by Crippen LogP contribution is -2.29. The molecule has 0 saturated heterocycles. The van der Waals surface area contributed by atoms with Crippen molar-refractivity contribution >= 4 is 33.5 Å². The molecule has 7 rings (SSSR count). The van der Waals surface area contributed by atoms with Crippen LogP contribution in [0.5, 0.6) is 11.5 Å². The third kappa shape index (κ3) is 5.93. The fourth-order valence-electron chi connectivity index (χ4n) is 7.25. The lowest BCUT2D eigenvalue weighted by molar-refractivity contribution is -0.140. The molecule has 0 atom stereocenters. The van der Waals surface area contributed by atoms with Crippen LogP contribution in [0.3, 0.4) is 0 Å². The largest absolute Gasteiger partial charge is 0.489 e. The first-order valence-corrected chi connectivity index (χ1v) is 17.0. The van der Waals surface area contributed by atoms with Crippen LogP contribution in [0.1, 0.15) is 36.1 Å². The number of fused-ring (bicyclic) bond motifs is 5. The minimum Gasteiger partial charge on any atom is -0.489 e. The van der Waals surface area contributed by atoms with Gasteiger partial charge in [-0.1, -0.05) is 122 Å². The monoisotopic (exact) mass is 674 g/mol. The van der Waals surface area contributed by atoms with E-state index in [9.17, 15) is 9.59 Å². The van der Waals surface area contributed by atoms with Gasteiger partial charge in [-0.15, -0.1) is 0 Å².